The Hall–Kier alpha value is -0.740. The molecule has 1 atom stereocenters. The van der Waals surface area contributed by atoms with E-state index >= 15 is 0 Å². The smallest absolute Gasteiger partial charge is 0.126 e. The highest BCUT2D eigenvalue weighted by molar-refractivity contribution is 9.10. The van der Waals surface area contributed by atoms with Crippen molar-refractivity contribution < 1.29 is 14.6 Å². The summed E-state index contributed by atoms with van der Waals surface area (Å²) >= 11 is 3.37. The van der Waals surface area contributed by atoms with E-state index < -0.39 is 6.10 Å². The third-order valence-corrected chi connectivity index (χ3v) is 2.53. The van der Waals surface area contributed by atoms with Gasteiger partial charge in [0.1, 0.15) is 11.5 Å². The molecule has 0 fully saturated rings. The van der Waals surface area contributed by atoms with E-state index in [1.165, 1.54) is 0 Å². The van der Waals surface area contributed by atoms with E-state index in [0.717, 1.165) is 21.5 Å². The number of methoxy groups -OCH3 is 2. The highest BCUT2D eigenvalue weighted by atomic mass is 79.9. The first-order chi connectivity index (χ1) is 7.08. The topological polar surface area (TPSA) is 38.7 Å². The lowest BCUT2D eigenvalue weighted by Crippen LogP contribution is -2.07. The number of ether oxygens (including phenoxy) is 2. The van der Waals surface area contributed by atoms with Crippen LogP contribution in [0.4, 0.5) is 0 Å². The van der Waals surface area contributed by atoms with Gasteiger partial charge in [-0.1, -0.05) is 15.9 Å². The molecule has 1 N–H and O–H groups in total. The second kappa shape index (κ2) is 5.37. The minimum absolute atomic E-state index is 0.422. The van der Waals surface area contributed by atoms with Gasteiger partial charge in [-0.25, -0.2) is 0 Å². The van der Waals surface area contributed by atoms with E-state index in [-0.39, 0.29) is 0 Å². The molecular formula is C11H15BrO3. The summed E-state index contributed by atoms with van der Waals surface area (Å²) in [5.41, 5.74) is 0.887. The number of aliphatic hydroxyl groups is 1. The van der Waals surface area contributed by atoms with Gasteiger partial charge in [0.05, 0.1) is 20.3 Å². The number of aliphatic hydroxyl groups excluding tert-OH is 1. The molecule has 4 heteroatoms. The first kappa shape index (κ1) is 12.3. The lowest BCUT2D eigenvalue weighted by Gasteiger charge is -2.14. The van der Waals surface area contributed by atoms with Gasteiger partial charge in [-0.2, -0.15) is 0 Å². The molecule has 0 saturated carbocycles. The Balaban J connectivity index is 3.18. The van der Waals surface area contributed by atoms with Gasteiger partial charge in [0, 0.05) is 16.5 Å². The van der Waals surface area contributed by atoms with Crippen molar-refractivity contribution in [3.05, 3.63) is 22.2 Å². The van der Waals surface area contributed by atoms with Crippen LogP contribution in [0.5, 0.6) is 11.5 Å². The fraction of sp³-hybridized carbons (Fsp3) is 0.455. The molecule has 0 aromatic heterocycles. The van der Waals surface area contributed by atoms with Crippen LogP contribution >= 0.6 is 15.9 Å². The fourth-order valence-electron chi connectivity index (χ4n) is 1.45. The molecule has 0 aliphatic rings. The standard InChI is InChI=1S/C11H15BrO3/c1-7(13)4-9-10(14-2)5-8(12)6-11(9)15-3/h5-7,13H,4H2,1-3H3. The van der Waals surface area contributed by atoms with Gasteiger partial charge in [-0.3, -0.25) is 0 Å². The summed E-state index contributed by atoms with van der Waals surface area (Å²) in [7, 11) is 3.21. The van der Waals surface area contributed by atoms with Crippen LogP contribution in [0, 0.1) is 0 Å². The van der Waals surface area contributed by atoms with Crippen LogP contribution in [0.15, 0.2) is 16.6 Å². The van der Waals surface area contributed by atoms with Crippen LogP contribution in [-0.2, 0) is 6.42 Å². The number of hydrogen-bond donors (Lipinski definition) is 1. The zero-order valence-corrected chi connectivity index (χ0v) is 10.7. The Morgan fingerprint density at radius 3 is 2.07 bits per heavy atom. The molecule has 1 aromatic carbocycles. The van der Waals surface area contributed by atoms with Crippen molar-refractivity contribution in [3.8, 4) is 11.5 Å². The number of rotatable bonds is 4. The summed E-state index contributed by atoms with van der Waals surface area (Å²) in [6, 6.07) is 3.72. The third-order valence-electron chi connectivity index (χ3n) is 2.07. The molecule has 1 rings (SSSR count). The van der Waals surface area contributed by atoms with Gasteiger partial charge in [0.15, 0.2) is 0 Å². The summed E-state index contributed by atoms with van der Waals surface area (Å²) in [6.45, 7) is 1.74. The number of hydrogen-bond acceptors (Lipinski definition) is 3. The van der Waals surface area contributed by atoms with Gasteiger partial charge < -0.3 is 14.6 Å². The molecule has 15 heavy (non-hydrogen) atoms. The van der Waals surface area contributed by atoms with E-state index in [4.69, 9.17) is 9.47 Å². The van der Waals surface area contributed by atoms with Crippen molar-refractivity contribution in [3.63, 3.8) is 0 Å². The molecule has 0 saturated heterocycles. The molecule has 0 heterocycles. The lowest BCUT2D eigenvalue weighted by molar-refractivity contribution is 0.192. The predicted octanol–water partition coefficient (Wildman–Crippen LogP) is 2.39. The molecule has 0 amide bonds. The molecule has 0 bridgehead atoms. The third kappa shape index (κ3) is 3.11. The van der Waals surface area contributed by atoms with E-state index in [1.807, 2.05) is 12.1 Å². The molecule has 0 spiro atoms. The summed E-state index contributed by atoms with van der Waals surface area (Å²) in [5.74, 6) is 1.45. The Morgan fingerprint density at radius 2 is 1.73 bits per heavy atom. The van der Waals surface area contributed by atoms with Crippen LogP contribution in [0.1, 0.15) is 12.5 Å². The van der Waals surface area contributed by atoms with Crippen LogP contribution in [-0.4, -0.2) is 25.4 Å². The quantitative estimate of drug-likeness (QED) is 0.917. The lowest BCUT2D eigenvalue weighted by atomic mass is 10.1. The Morgan fingerprint density at radius 1 is 1.27 bits per heavy atom. The zero-order valence-electron chi connectivity index (χ0n) is 9.08. The maximum atomic E-state index is 9.39. The van der Waals surface area contributed by atoms with E-state index in [1.54, 1.807) is 21.1 Å². The van der Waals surface area contributed by atoms with Crippen LogP contribution < -0.4 is 9.47 Å². The van der Waals surface area contributed by atoms with Crippen molar-refractivity contribution in [2.45, 2.75) is 19.4 Å². The van der Waals surface area contributed by atoms with Gasteiger partial charge in [-0.15, -0.1) is 0 Å². The largest absolute Gasteiger partial charge is 0.496 e. The van der Waals surface area contributed by atoms with Crippen molar-refractivity contribution in [1.29, 1.82) is 0 Å². The highest BCUT2D eigenvalue weighted by Gasteiger charge is 2.13. The van der Waals surface area contributed by atoms with Crippen molar-refractivity contribution in [1.82, 2.24) is 0 Å². The summed E-state index contributed by atoms with van der Waals surface area (Å²) in [6.07, 6.45) is 0.0913. The van der Waals surface area contributed by atoms with Gasteiger partial charge in [0.25, 0.3) is 0 Å². The first-order valence-corrected chi connectivity index (χ1v) is 5.46. The molecule has 1 aromatic rings. The van der Waals surface area contributed by atoms with E-state index in [9.17, 15) is 5.11 Å². The molecule has 84 valence electrons. The minimum atomic E-state index is -0.422. The SMILES string of the molecule is COc1cc(Br)cc(OC)c1CC(C)O. The number of benzene rings is 1. The summed E-state index contributed by atoms with van der Waals surface area (Å²) in [5, 5.41) is 9.39. The monoisotopic (exact) mass is 274 g/mol. The van der Waals surface area contributed by atoms with E-state index in [2.05, 4.69) is 15.9 Å². The molecule has 0 aliphatic carbocycles. The second-order valence-electron chi connectivity index (χ2n) is 3.34. The van der Waals surface area contributed by atoms with Gasteiger partial charge >= 0.3 is 0 Å². The average Bonchev–Trinajstić information content (AvgIpc) is 2.19. The molecule has 1 unspecified atom stereocenters. The summed E-state index contributed by atoms with van der Waals surface area (Å²) < 4.78 is 11.4. The normalized spacial score (nSPS) is 12.3. The van der Waals surface area contributed by atoms with Crippen LogP contribution in [0.2, 0.25) is 0 Å². The molecule has 0 radical (unpaired) electrons. The first-order valence-electron chi connectivity index (χ1n) is 4.67. The van der Waals surface area contributed by atoms with Crippen molar-refractivity contribution in [2.24, 2.45) is 0 Å². The average molecular weight is 275 g/mol. The highest BCUT2D eigenvalue weighted by Crippen LogP contribution is 2.33. The molecular weight excluding hydrogens is 260 g/mol. The van der Waals surface area contributed by atoms with Gasteiger partial charge in [0.2, 0.25) is 0 Å². The van der Waals surface area contributed by atoms with Crippen LogP contribution in [0.25, 0.3) is 0 Å². The molecule has 0 aliphatic heterocycles. The second-order valence-corrected chi connectivity index (χ2v) is 4.26. The van der Waals surface area contributed by atoms with Crippen LogP contribution in [0.3, 0.4) is 0 Å². The van der Waals surface area contributed by atoms with Gasteiger partial charge in [-0.05, 0) is 19.1 Å². The van der Waals surface area contributed by atoms with Crippen molar-refractivity contribution in [2.75, 3.05) is 14.2 Å². The Bertz CT molecular complexity index is 312. The Labute approximate surface area is 98.1 Å². The van der Waals surface area contributed by atoms with E-state index in [0.29, 0.717) is 6.42 Å². The summed E-state index contributed by atoms with van der Waals surface area (Å²) in [4.78, 5) is 0. The van der Waals surface area contributed by atoms with Crippen molar-refractivity contribution >= 4 is 15.9 Å². The zero-order chi connectivity index (χ0) is 11.4. The Kier molecular flexibility index (Phi) is 4.42. The fourth-order valence-corrected chi connectivity index (χ4v) is 1.86. The maximum Gasteiger partial charge on any atom is 0.126 e. The predicted molar refractivity (Wildman–Crippen MR) is 62.6 cm³/mol. The minimum Gasteiger partial charge on any atom is -0.496 e. The number of halogens is 1. The molecule has 3 nitrogen and oxygen atoms in total. The maximum absolute atomic E-state index is 9.39.